The highest BCUT2D eigenvalue weighted by molar-refractivity contribution is 6.03. The summed E-state index contributed by atoms with van der Waals surface area (Å²) < 4.78 is 0. The summed E-state index contributed by atoms with van der Waals surface area (Å²) in [6, 6.07) is 16.5. The lowest BCUT2D eigenvalue weighted by molar-refractivity contribution is 0.0605. The van der Waals surface area contributed by atoms with Gasteiger partial charge in [0.05, 0.1) is 6.20 Å². The van der Waals surface area contributed by atoms with Gasteiger partial charge >= 0.3 is 0 Å². The normalized spacial score (nSPS) is 11.6. The molecule has 6 nitrogen and oxygen atoms in total. The van der Waals surface area contributed by atoms with Gasteiger partial charge in [0.2, 0.25) is 5.78 Å². The Hall–Kier alpha value is -3.38. The molecule has 0 saturated heterocycles. The minimum absolute atomic E-state index is 0.0220. The third-order valence-corrected chi connectivity index (χ3v) is 3.59. The topological polar surface area (TPSA) is 92.2 Å². The molecule has 124 valence electrons. The molecule has 0 aliphatic heterocycles. The maximum Gasteiger partial charge on any atom is 0.273 e. The lowest BCUT2D eigenvalue weighted by atomic mass is 10.0. The van der Waals surface area contributed by atoms with Crippen molar-refractivity contribution in [2.45, 2.75) is 6.23 Å². The van der Waals surface area contributed by atoms with Crippen molar-refractivity contribution in [2.75, 3.05) is 0 Å². The summed E-state index contributed by atoms with van der Waals surface area (Å²) >= 11 is 0. The van der Waals surface area contributed by atoms with E-state index in [4.69, 9.17) is 0 Å². The average molecular weight is 333 g/mol. The van der Waals surface area contributed by atoms with Crippen LogP contribution in [-0.4, -0.2) is 33.0 Å². The summed E-state index contributed by atoms with van der Waals surface area (Å²) in [5, 5.41) is 12.2. The van der Waals surface area contributed by atoms with Gasteiger partial charge in [-0.05, 0) is 11.1 Å². The van der Waals surface area contributed by atoms with Gasteiger partial charge in [0.25, 0.3) is 5.91 Å². The molecule has 3 rings (SSSR count). The fraction of sp³-hybridized carbons (Fsp3) is 0.0526. The van der Waals surface area contributed by atoms with E-state index < -0.39 is 17.9 Å². The Bertz CT molecular complexity index is 865. The van der Waals surface area contributed by atoms with Gasteiger partial charge in [-0.25, -0.2) is 4.98 Å². The van der Waals surface area contributed by atoms with Gasteiger partial charge in [-0.2, -0.15) is 0 Å². The molecule has 2 N–H and O–H groups in total. The number of benzene rings is 2. The molecule has 0 bridgehead atoms. The molecule has 2 aromatic carbocycles. The molecular weight excluding hydrogens is 318 g/mol. The number of aliphatic hydroxyl groups is 1. The lowest BCUT2D eigenvalue weighted by Crippen LogP contribution is -2.41. The van der Waals surface area contributed by atoms with Crippen molar-refractivity contribution in [1.82, 2.24) is 15.3 Å². The summed E-state index contributed by atoms with van der Waals surface area (Å²) in [7, 11) is 0. The number of aliphatic hydroxyl groups excluding tert-OH is 1. The Labute approximate surface area is 144 Å². The first-order valence-corrected chi connectivity index (χ1v) is 7.60. The highest BCUT2D eigenvalue weighted by Crippen LogP contribution is 2.19. The number of aromatic nitrogens is 2. The molecule has 0 spiro atoms. The molecule has 0 saturated carbocycles. The SMILES string of the molecule is O=C(NC(O)C(=O)c1ccc(-c2ccccc2)cc1)c1cnccn1. The molecule has 1 unspecified atom stereocenters. The molecule has 0 aliphatic carbocycles. The van der Waals surface area contributed by atoms with Crippen LogP contribution in [0.3, 0.4) is 0 Å². The second-order valence-electron chi connectivity index (χ2n) is 5.27. The molecule has 25 heavy (non-hydrogen) atoms. The maximum atomic E-state index is 12.3. The van der Waals surface area contributed by atoms with E-state index in [2.05, 4.69) is 15.3 Å². The summed E-state index contributed by atoms with van der Waals surface area (Å²) in [6.07, 6.45) is 2.37. The quantitative estimate of drug-likeness (QED) is 0.551. The first-order valence-electron chi connectivity index (χ1n) is 7.60. The molecular formula is C19H15N3O3. The molecule has 0 radical (unpaired) electrons. The molecule has 1 heterocycles. The van der Waals surface area contributed by atoms with E-state index in [0.29, 0.717) is 5.56 Å². The molecule has 3 aromatic rings. The van der Waals surface area contributed by atoms with E-state index in [0.717, 1.165) is 11.1 Å². The molecule has 1 atom stereocenters. The molecule has 1 amide bonds. The van der Waals surface area contributed by atoms with Crippen LogP contribution in [0, 0.1) is 0 Å². The van der Waals surface area contributed by atoms with Gasteiger partial charge in [-0.15, -0.1) is 0 Å². The summed E-state index contributed by atoms with van der Waals surface area (Å²) in [5.74, 6) is -1.27. The predicted octanol–water partition coefficient (Wildman–Crippen LogP) is 2.07. The lowest BCUT2D eigenvalue weighted by Gasteiger charge is -2.12. The van der Waals surface area contributed by atoms with E-state index >= 15 is 0 Å². The van der Waals surface area contributed by atoms with Gasteiger partial charge in [-0.3, -0.25) is 14.6 Å². The zero-order valence-corrected chi connectivity index (χ0v) is 13.2. The number of amides is 1. The Morgan fingerprint density at radius 3 is 2.24 bits per heavy atom. The number of Topliss-reactive ketones (excluding diaryl/α,β-unsaturated/α-hetero) is 1. The van der Waals surface area contributed by atoms with Crippen molar-refractivity contribution in [2.24, 2.45) is 0 Å². The third kappa shape index (κ3) is 3.94. The first-order chi connectivity index (χ1) is 12.1. The van der Waals surface area contributed by atoms with Crippen molar-refractivity contribution in [1.29, 1.82) is 0 Å². The van der Waals surface area contributed by atoms with Crippen molar-refractivity contribution in [3.63, 3.8) is 0 Å². The Balaban J connectivity index is 1.69. The third-order valence-electron chi connectivity index (χ3n) is 3.59. The fourth-order valence-electron chi connectivity index (χ4n) is 2.30. The number of nitrogens with one attached hydrogen (secondary N) is 1. The van der Waals surface area contributed by atoms with Crippen molar-refractivity contribution in [3.8, 4) is 11.1 Å². The molecule has 1 aromatic heterocycles. The summed E-state index contributed by atoms with van der Waals surface area (Å²) in [6.45, 7) is 0. The molecule has 6 heteroatoms. The van der Waals surface area contributed by atoms with Crippen LogP contribution in [-0.2, 0) is 0 Å². The number of rotatable bonds is 5. The van der Waals surface area contributed by atoms with E-state index in [1.54, 1.807) is 24.3 Å². The monoisotopic (exact) mass is 333 g/mol. The van der Waals surface area contributed by atoms with Crippen LogP contribution in [0.1, 0.15) is 20.8 Å². The van der Waals surface area contributed by atoms with Crippen LogP contribution in [0.25, 0.3) is 11.1 Å². The van der Waals surface area contributed by atoms with Gasteiger partial charge in [-0.1, -0.05) is 54.6 Å². The molecule has 0 aliphatic rings. The summed E-state index contributed by atoms with van der Waals surface area (Å²) in [5.41, 5.74) is 2.30. The number of nitrogens with zero attached hydrogens (tertiary/aromatic N) is 2. The minimum atomic E-state index is -1.66. The smallest absolute Gasteiger partial charge is 0.273 e. The van der Waals surface area contributed by atoms with E-state index in [1.807, 2.05) is 30.3 Å². The predicted molar refractivity (Wildman–Crippen MR) is 91.7 cm³/mol. The Morgan fingerprint density at radius 1 is 0.920 bits per heavy atom. The van der Waals surface area contributed by atoms with Gasteiger partial charge < -0.3 is 10.4 Å². The first kappa shape index (κ1) is 16.5. The molecule has 0 fully saturated rings. The van der Waals surface area contributed by atoms with E-state index in [-0.39, 0.29) is 5.69 Å². The van der Waals surface area contributed by atoms with Crippen LogP contribution < -0.4 is 5.32 Å². The number of carbonyl (C=O) groups excluding carboxylic acids is 2. The standard InChI is InChI=1S/C19H15N3O3/c23-17(19(25)22-18(24)16-12-20-10-11-21-16)15-8-6-14(7-9-15)13-4-2-1-3-5-13/h1-12,19,25H,(H,22,24). The van der Waals surface area contributed by atoms with Gasteiger partial charge in [0, 0.05) is 18.0 Å². The van der Waals surface area contributed by atoms with Crippen molar-refractivity contribution >= 4 is 11.7 Å². The van der Waals surface area contributed by atoms with Crippen LogP contribution in [0.15, 0.2) is 73.2 Å². The van der Waals surface area contributed by atoms with Crippen molar-refractivity contribution in [3.05, 3.63) is 84.4 Å². The highest BCUT2D eigenvalue weighted by Gasteiger charge is 2.20. The van der Waals surface area contributed by atoms with Crippen LogP contribution >= 0.6 is 0 Å². The number of ketones is 1. The van der Waals surface area contributed by atoms with Gasteiger partial charge in [0.1, 0.15) is 5.69 Å². The zero-order chi connectivity index (χ0) is 17.6. The largest absolute Gasteiger partial charge is 0.367 e. The minimum Gasteiger partial charge on any atom is -0.367 e. The van der Waals surface area contributed by atoms with E-state index in [1.165, 1.54) is 18.6 Å². The van der Waals surface area contributed by atoms with Crippen molar-refractivity contribution < 1.29 is 14.7 Å². The zero-order valence-electron chi connectivity index (χ0n) is 13.2. The van der Waals surface area contributed by atoms with Crippen LogP contribution in [0.4, 0.5) is 0 Å². The second kappa shape index (κ2) is 7.46. The highest BCUT2D eigenvalue weighted by atomic mass is 16.3. The van der Waals surface area contributed by atoms with E-state index in [9.17, 15) is 14.7 Å². The Morgan fingerprint density at radius 2 is 1.60 bits per heavy atom. The van der Waals surface area contributed by atoms with Crippen LogP contribution in [0.5, 0.6) is 0 Å². The summed E-state index contributed by atoms with van der Waals surface area (Å²) in [4.78, 5) is 31.7. The van der Waals surface area contributed by atoms with Crippen LogP contribution in [0.2, 0.25) is 0 Å². The Kier molecular flexibility index (Phi) is 4.92. The maximum absolute atomic E-state index is 12.3. The number of carbonyl (C=O) groups is 2. The average Bonchev–Trinajstić information content (AvgIpc) is 2.69. The number of hydrogen-bond acceptors (Lipinski definition) is 5. The number of hydrogen-bond donors (Lipinski definition) is 2. The fourth-order valence-corrected chi connectivity index (χ4v) is 2.30. The van der Waals surface area contributed by atoms with Gasteiger partial charge in [0.15, 0.2) is 6.23 Å². The second-order valence-corrected chi connectivity index (χ2v) is 5.27.